The number of rotatable bonds is 8. The molecule has 2 amide bonds. The van der Waals surface area contributed by atoms with Crippen LogP contribution in [0.5, 0.6) is 0 Å². The van der Waals surface area contributed by atoms with Crippen LogP contribution < -0.4 is 10.6 Å². The van der Waals surface area contributed by atoms with E-state index >= 15 is 0 Å². The highest BCUT2D eigenvalue weighted by Crippen LogP contribution is 2.26. The molecule has 0 saturated heterocycles. The number of hydrogen-bond donors (Lipinski definition) is 2. The van der Waals surface area contributed by atoms with Crippen molar-refractivity contribution in [2.45, 2.75) is 45.8 Å². The Kier molecular flexibility index (Phi) is 7.71. The molecule has 0 bridgehead atoms. The van der Waals surface area contributed by atoms with Gasteiger partial charge in [0, 0.05) is 19.0 Å². The fourth-order valence-electron chi connectivity index (χ4n) is 2.57. The lowest BCUT2D eigenvalue weighted by atomic mass is 10.0. The summed E-state index contributed by atoms with van der Waals surface area (Å²) < 4.78 is 5.57. The monoisotopic (exact) mass is 401 g/mol. The van der Waals surface area contributed by atoms with Gasteiger partial charge in [0.25, 0.3) is 5.91 Å². The van der Waals surface area contributed by atoms with Crippen LogP contribution in [-0.2, 0) is 14.4 Å². The van der Waals surface area contributed by atoms with Crippen molar-refractivity contribution in [1.82, 2.24) is 10.6 Å². The first-order valence-corrected chi connectivity index (χ1v) is 9.77. The Balaban J connectivity index is 1.83. The molecule has 0 saturated carbocycles. The van der Waals surface area contributed by atoms with Crippen molar-refractivity contribution in [2.75, 3.05) is 13.2 Å². The molecule has 26 heavy (non-hydrogen) atoms. The molecule has 144 valence electrons. The summed E-state index contributed by atoms with van der Waals surface area (Å²) in [7, 11) is 0. The van der Waals surface area contributed by atoms with Crippen LogP contribution in [0.2, 0.25) is 4.34 Å². The summed E-state index contributed by atoms with van der Waals surface area (Å²) >= 11 is 7.32. The number of ether oxygens (including phenoxy) is 1. The first-order chi connectivity index (χ1) is 12.4. The van der Waals surface area contributed by atoms with Crippen molar-refractivity contribution in [1.29, 1.82) is 0 Å². The summed E-state index contributed by atoms with van der Waals surface area (Å²) in [6.07, 6.45) is -0.0408. The molecule has 7 nitrogen and oxygen atoms in total. The van der Waals surface area contributed by atoms with E-state index in [1.54, 1.807) is 13.0 Å². The first-order valence-electron chi connectivity index (χ1n) is 8.58. The SMILES string of the molecule is CCOC(=O)NC(CNC(=O)C1CC(c2ccc(Cl)s2)=NO1)CC(C)C. The molecule has 1 aliphatic rings. The average Bonchev–Trinajstić information content (AvgIpc) is 3.20. The van der Waals surface area contributed by atoms with Crippen molar-refractivity contribution in [3.8, 4) is 0 Å². The predicted molar refractivity (Wildman–Crippen MR) is 102 cm³/mol. The molecular weight excluding hydrogens is 378 g/mol. The molecule has 2 atom stereocenters. The Bertz CT molecular complexity index is 662. The number of halogens is 1. The van der Waals surface area contributed by atoms with Crippen LogP contribution in [0.4, 0.5) is 4.79 Å². The summed E-state index contributed by atoms with van der Waals surface area (Å²) in [5.41, 5.74) is 0.713. The van der Waals surface area contributed by atoms with E-state index in [1.807, 2.05) is 19.9 Å². The number of nitrogens with zero attached hydrogens (tertiary/aromatic N) is 1. The molecule has 1 aromatic rings. The molecule has 2 heterocycles. The van der Waals surface area contributed by atoms with Crippen molar-refractivity contribution < 1.29 is 19.2 Å². The van der Waals surface area contributed by atoms with Crippen molar-refractivity contribution in [3.63, 3.8) is 0 Å². The lowest BCUT2D eigenvalue weighted by Crippen LogP contribution is -2.46. The van der Waals surface area contributed by atoms with Crippen LogP contribution in [0.1, 0.15) is 38.5 Å². The van der Waals surface area contributed by atoms with Gasteiger partial charge in [-0.3, -0.25) is 4.79 Å². The molecule has 1 aliphatic heterocycles. The quantitative estimate of drug-likeness (QED) is 0.700. The van der Waals surface area contributed by atoms with Gasteiger partial charge in [-0.1, -0.05) is 30.6 Å². The first kappa shape index (κ1) is 20.5. The second-order valence-electron chi connectivity index (χ2n) is 6.38. The maximum Gasteiger partial charge on any atom is 0.407 e. The maximum atomic E-state index is 12.4. The van der Waals surface area contributed by atoms with Gasteiger partial charge in [-0.05, 0) is 31.4 Å². The third-order valence-electron chi connectivity index (χ3n) is 3.69. The van der Waals surface area contributed by atoms with Crippen LogP contribution in [0.15, 0.2) is 17.3 Å². The Morgan fingerprint density at radius 3 is 2.85 bits per heavy atom. The summed E-state index contributed by atoms with van der Waals surface area (Å²) in [6, 6.07) is 3.43. The van der Waals surface area contributed by atoms with Crippen LogP contribution in [0, 0.1) is 5.92 Å². The van der Waals surface area contributed by atoms with Gasteiger partial charge in [-0.15, -0.1) is 11.3 Å². The molecule has 0 fully saturated rings. The minimum absolute atomic E-state index is 0.212. The number of amides is 2. The molecule has 2 unspecified atom stereocenters. The van der Waals surface area contributed by atoms with E-state index < -0.39 is 12.2 Å². The van der Waals surface area contributed by atoms with Gasteiger partial charge in [0.15, 0.2) is 0 Å². The largest absolute Gasteiger partial charge is 0.450 e. The van der Waals surface area contributed by atoms with Gasteiger partial charge >= 0.3 is 6.09 Å². The molecule has 2 rings (SSSR count). The molecule has 0 aliphatic carbocycles. The lowest BCUT2D eigenvalue weighted by molar-refractivity contribution is -0.131. The number of hydrogen-bond acceptors (Lipinski definition) is 6. The molecule has 1 aromatic heterocycles. The Labute approximate surface area is 162 Å². The molecular formula is C17H24ClN3O4S. The van der Waals surface area contributed by atoms with E-state index in [9.17, 15) is 9.59 Å². The normalized spacial score (nSPS) is 17.4. The average molecular weight is 402 g/mol. The second kappa shape index (κ2) is 9.78. The third-order valence-corrected chi connectivity index (χ3v) is 4.98. The second-order valence-corrected chi connectivity index (χ2v) is 8.09. The molecule has 2 N–H and O–H groups in total. The van der Waals surface area contributed by atoms with E-state index in [0.29, 0.717) is 35.5 Å². The number of carbonyl (C=O) groups excluding carboxylic acids is 2. The maximum absolute atomic E-state index is 12.4. The zero-order valence-corrected chi connectivity index (χ0v) is 16.7. The zero-order valence-electron chi connectivity index (χ0n) is 15.1. The van der Waals surface area contributed by atoms with Crippen LogP contribution in [0.25, 0.3) is 0 Å². The van der Waals surface area contributed by atoms with E-state index in [1.165, 1.54) is 11.3 Å². The Hall–Kier alpha value is -1.80. The van der Waals surface area contributed by atoms with Gasteiger partial charge in [0.05, 0.1) is 15.8 Å². The fraction of sp³-hybridized carbons (Fsp3) is 0.588. The Morgan fingerprint density at radius 2 is 2.23 bits per heavy atom. The topological polar surface area (TPSA) is 89.0 Å². The zero-order chi connectivity index (χ0) is 19.1. The fourth-order valence-corrected chi connectivity index (χ4v) is 3.61. The highest BCUT2D eigenvalue weighted by Gasteiger charge is 2.30. The predicted octanol–water partition coefficient (Wildman–Crippen LogP) is 3.17. The standard InChI is InChI=1S/C17H24ClN3O4S/c1-4-24-17(23)20-11(7-10(2)3)9-19-16(22)13-8-12(21-25-13)14-5-6-15(18)26-14/h5-6,10-11,13H,4,7-9H2,1-3H3,(H,19,22)(H,20,23). The molecule has 0 spiro atoms. The molecule has 0 radical (unpaired) electrons. The van der Waals surface area contributed by atoms with E-state index in [2.05, 4.69) is 15.8 Å². The van der Waals surface area contributed by atoms with Crippen LogP contribution in [-0.4, -0.2) is 43.0 Å². The summed E-state index contributed by atoms with van der Waals surface area (Å²) in [4.78, 5) is 30.1. The highest BCUT2D eigenvalue weighted by molar-refractivity contribution is 7.18. The van der Waals surface area contributed by atoms with Crippen molar-refractivity contribution in [2.24, 2.45) is 11.1 Å². The number of oxime groups is 1. The van der Waals surface area contributed by atoms with Gasteiger partial charge in [0.1, 0.15) is 5.71 Å². The highest BCUT2D eigenvalue weighted by atomic mass is 35.5. The molecule has 0 aromatic carbocycles. The van der Waals surface area contributed by atoms with Crippen molar-refractivity contribution >= 4 is 40.6 Å². The summed E-state index contributed by atoms with van der Waals surface area (Å²) in [5, 5.41) is 9.59. The van der Waals surface area contributed by atoms with Crippen LogP contribution in [0.3, 0.4) is 0 Å². The minimum Gasteiger partial charge on any atom is -0.450 e. The Morgan fingerprint density at radius 1 is 1.46 bits per heavy atom. The summed E-state index contributed by atoms with van der Waals surface area (Å²) in [5.74, 6) is 0.103. The summed E-state index contributed by atoms with van der Waals surface area (Å²) in [6.45, 7) is 6.45. The van der Waals surface area contributed by atoms with Gasteiger partial charge in [0.2, 0.25) is 6.10 Å². The van der Waals surface area contributed by atoms with E-state index in [-0.39, 0.29) is 11.9 Å². The van der Waals surface area contributed by atoms with Gasteiger partial charge in [-0.25, -0.2) is 4.79 Å². The van der Waals surface area contributed by atoms with Gasteiger partial charge < -0.3 is 20.2 Å². The van der Waals surface area contributed by atoms with Crippen LogP contribution >= 0.6 is 22.9 Å². The number of alkyl carbamates (subject to hydrolysis) is 1. The van der Waals surface area contributed by atoms with Gasteiger partial charge in [-0.2, -0.15) is 0 Å². The van der Waals surface area contributed by atoms with E-state index in [4.69, 9.17) is 21.2 Å². The molecule has 9 heteroatoms. The lowest BCUT2D eigenvalue weighted by Gasteiger charge is -2.21. The number of carbonyl (C=O) groups is 2. The van der Waals surface area contributed by atoms with E-state index in [0.717, 1.165) is 11.3 Å². The van der Waals surface area contributed by atoms with Crippen molar-refractivity contribution in [3.05, 3.63) is 21.3 Å². The third kappa shape index (κ3) is 6.17. The number of nitrogens with one attached hydrogen (secondary N) is 2. The smallest absolute Gasteiger partial charge is 0.407 e. The minimum atomic E-state index is -0.673. The number of thiophene rings is 1.